The Morgan fingerprint density at radius 2 is 1.88 bits per heavy atom. The van der Waals surface area contributed by atoms with Crippen molar-refractivity contribution in [1.29, 1.82) is 0 Å². The van der Waals surface area contributed by atoms with Crippen LogP contribution in [0.15, 0.2) is 48.5 Å². The van der Waals surface area contributed by atoms with E-state index < -0.39 is 5.97 Å². The van der Waals surface area contributed by atoms with Crippen LogP contribution < -0.4 is 0 Å². The van der Waals surface area contributed by atoms with Crippen LogP contribution in [0.1, 0.15) is 37.9 Å². The Hall–Kier alpha value is -2.66. The van der Waals surface area contributed by atoms with Gasteiger partial charge in [-0.05, 0) is 36.2 Å². The Morgan fingerprint density at radius 1 is 1.12 bits per heavy atom. The van der Waals surface area contributed by atoms with Gasteiger partial charge in [0, 0.05) is 12.1 Å². The van der Waals surface area contributed by atoms with E-state index in [1.165, 1.54) is 12.1 Å². The zero-order valence-electron chi connectivity index (χ0n) is 13.4. The highest BCUT2D eigenvalue weighted by Gasteiger charge is 2.27. The van der Waals surface area contributed by atoms with Crippen molar-refractivity contribution in [3.05, 3.63) is 70.8 Å². The van der Waals surface area contributed by atoms with E-state index >= 15 is 0 Å². The highest BCUT2D eigenvalue weighted by atomic mass is 16.5. The zero-order valence-corrected chi connectivity index (χ0v) is 13.4. The molecule has 1 aliphatic rings. The minimum absolute atomic E-state index is 0.115. The van der Waals surface area contributed by atoms with Crippen LogP contribution >= 0.6 is 0 Å². The molecular formula is C19H19NO4. The number of ether oxygens (including phenoxy) is 1. The number of carbonyl (C=O) groups excluding carboxylic acids is 1. The lowest BCUT2D eigenvalue weighted by Gasteiger charge is -2.34. The first kappa shape index (κ1) is 16.2. The van der Waals surface area contributed by atoms with Crippen molar-refractivity contribution in [2.45, 2.75) is 13.0 Å². The predicted octanol–water partition coefficient (Wildman–Crippen LogP) is 2.91. The molecule has 1 amide bonds. The van der Waals surface area contributed by atoms with Gasteiger partial charge < -0.3 is 14.7 Å². The second kappa shape index (κ2) is 6.84. The minimum Gasteiger partial charge on any atom is -0.478 e. The van der Waals surface area contributed by atoms with Gasteiger partial charge in [0.25, 0.3) is 5.91 Å². The fraction of sp³-hybridized carbons (Fsp3) is 0.263. The van der Waals surface area contributed by atoms with Gasteiger partial charge in [-0.3, -0.25) is 4.79 Å². The van der Waals surface area contributed by atoms with Crippen LogP contribution in [0.25, 0.3) is 0 Å². The molecule has 0 aliphatic carbocycles. The molecule has 124 valence electrons. The molecule has 0 saturated carbocycles. The maximum atomic E-state index is 12.7. The third-order valence-electron chi connectivity index (χ3n) is 4.25. The molecule has 0 bridgehead atoms. The Morgan fingerprint density at radius 3 is 2.62 bits per heavy atom. The molecule has 5 nitrogen and oxygen atoms in total. The molecule has 1 saturated heterocycles. The van der Waals surface area contributed by atoms with E-state index in [9.17, 15) is 9.59 Å². The highest BCUT2D eigenvalue weighted by Crippen LogP contribution is 2.25. The molecule has 0 aromatic heterocycles. The minimum atomic E-state index is -1.04. The average Bonchev–Trinajstić information content (AvgIpc) is 2.61. The normalized spacial score (nSPS) is 17.5. The van der Waals surface area contributed by atoms with Crippen LogP contribution in [0.3, 0.4) is 0 Å². The molecule has 0 unspecified atom stereocenters. The van der Waals surface area contributed by atoms with Crippen LogP contribution in [0.2, 0.25) is 0 Å². The van der Waals surface area contributed by atoms with Crippen LogP contribution in [0, 0.1) is 6.92 Å². The number of rotatable bonds is 3. The summed E-state index contributed by atoms with van der Waals surface area (Å²) in [5.74, 6) is -1.20. The topological polar surface area (TPSA) is 66.8 Å². The second-order valence-corrected chi connectivity index (χ2v) is 5.85. The molecule has 24 heavy (non-hydrogen) atoms. The van der Waals surface area contributed by atoms with Crippen molar-refractivity contribution in [2.24, 2.45) is 0 Å². The van der Waals surface area contributed by atoms with Crippen LogP contribution in [-0.2, 0) is 4.74 Å². The van der Waals surface area contributed by atoms with Gasteiger partial charge >= 0.3 is 5.97 Å². The maximum Gasteiger partial charge on any atom is 0.335 e. The summed E-state index contributed by atoms with van der Waals surface area (Å²) in [7, 11) is 0. The first-order valence-corrected chi connectivity index (χ1v) is 7.86. The lowest BCUT2D eigenvalue weighted by Crippen LogP contribution is -2.42. The van der Waals surface area contributed by atoms with Crippen LogP contribution in [0.4, 0.5) is 0 Å². The Kier molecular flexibility index (Phi) is 4.62. The number of carboxylic acid groups (broad SMARTS) is 1. The molecule has 0 spiro atoms. The van der Waals surface area contributed by atoms with Gasteiger partial charge in [-0.1, -0.05) is 30.3 Å². The van der Waals surface area contributed by atoms with E-state index in [-0.39, 0.29) is 17.6 Å². The third-order valence-corrected chi connectivity index (χ3v) is 4.25. The summed E-state index contributed by atoms with van der Waals surface area (Å²) >= 11 is 0. The first-order valence-electron chi connectivity index (χ1n) is 7.86. The number of morpholine rings is 1. The van der Waals surface area contributed by atoms with Gasteiger partial charge in [0.2, 0.25) is 0 Å². The van der Waals surface area contributed by atoms with E-state index in [4.69, 9.17) is 9.84 Å². The SMILES string of the molecule is Cc1ccccc1[C@H]1CN(C(=O)c2cccc(C(=O)O)c2)CCO1. The Bertz CT molecular complexity index is 771. The summed E-state index contributed by atoms with van der Waals surface area (Å²) in [4.78, 5) is 25.5. The number of aromatic carboxylic acids is 1. The molecule has 5 heteroatoms. The van der Waals surface area contributed by atoms with Gasteiger partial charge in [-0.15, -0.1) is 0 Å². The number of carbonyl (C=O) groups is 2. The summed E-state index contributed by atoms with van der Waals surface area (Å²) in [6, 6.07) is 14.1. The first-order chi connectivity index (χ1) is 11.6. The van der Waals surface area contributed by atoms with Crippen LogP contribution in [0.5, 0.6) is 0 Å². The average molecular weight is 325 g/mol. The number of hydrogen-bond acceptors (Lipinski definition) is 3. The van der Waals surface area contributed by atoms with Gasteiger partial charge in [0.15, 0.2) is 0 Å². The number of amides is 1. The Balaban J connectivity index is 1.79. The fourth-order valence-electron chi connectivity index (χ4n) is 2.94. The third kappa shape index (κ3) is 3.31. The van der Waals surface area contributed by atoms with E-state index in [0.29, 0.717) is 25.3 Å². The number of aryl methyl sites for hydroxylation is 1. The summed E-state index contributed by atoms with van der Waals surface area (Å²) < 4.78 is 5.84. The van der Waals surface area contributed by atoms with Crippen molar-refractivity contribution >= 4 is 11.9 Å². The largest absolute Gasteiger partial charge is 0.478 e. The van der Waals surface area contributed by atoms with Crippen molar-refractivity contribution in [2.75, 3.05) is 19.7 Å². The van der Waals surface area contributed by atoms with E-state index in [0.717, 1.165) is 11.1 Å². The summed E-state index contributed by atoms with van der Waals surface area (Å²) in [6.45, 7) is 3.44. The second-order valence-electron chi connectivity index (χ2n) is 5.85. The van der Waals surface area contributed by atoms with Gasteiger partial charge in [0.05, 0.1) is 18.7 Å². The van der Waals surface area contributed by atoms with Crippen molar-refractivity contribution in [3.63, 3.8) is 0 Å². The molecule has 1 atom stereocenters. The maximum absolute atomic E-state index is 12.7. The van der Waals surface area contributed by atoms with Crippen molar-refractivity contribution in [1.82, 2.24) is 4.90 Å². The lowest BCUT2D eigenvalue weighted by atomic mass is 10.0. The molecule has 1 heterocycles. The molecular weight excluding hydrogens is 306 g/mol. The zero-order chi connectivity index (χ0) is 17.1. The van der Waals surface area contributed by atoms with Crippen LogP contribution in [-0.4, -0.2) is 41.6 Å². The molecule has 0 radical (unpaired) electrons. The Labute approximate surface area is 140 Å². The lowest BCUT2D eigenvalue weighted by molar-refractivity contribution is -0.0230. The molecule has 1 aliphatic heterocycles. The standard InChI is InChI=1S/C19H19NO4/c1-13-5-2-3-8-16(13)17-12-20(9-10-24-17)18(21)14-6-4-7-15(11-14)19(22)23/h2-8,11,17H,9-10,12H2,1H3,(H,22,23)/t17-/m1/s1. The van der Waals surface area contributed by atoms with E-state index in [1.807, 2.05) is 31.2 Å². The van der Waals surface area contributed by atoms with Gasteiger partial charge in [-0.2, -0.15) is 0 Å². The van der Waals surface area contributed by atoms with Gasteiger partial charge in [-0.25, -0.2) is 4.79 Å². The smallest absolute Gasteiger partial charge is 0.335 e. The van der Waals surface area contributed by atoms with E-state index in [1.54, 1.807) is 17.0 Å². The highest BCUT2D eigenvalue weighted by molar-refractivity contribution is 5.97. The fourth-order valence-corrected chi connectivity index (χ4v) is 2.94. The monoisotopic (exact) mass is 325 g/mol. The molecule has 2 aromatic rings. The molecule has 1 fully saturated rings. The number of hydrogen-bond donors (Lipinski definition) is 1. The summed E-state index contributed by atoms with van der Waals surface area (Å²) in [6.07, 6.45) is -0.161. The number of carboxylic acids is 1. The van der Waals surface area contributed by atoms with E-state index in [2.05, 4.69) is 0 Å². The van der Waals surface area contributed by atoms with Crippen molar-refractivity contribution in [3.8, 4) is 0 Å². The quantitative estimate of drug-likeness (QED) is 0.942. The molecule has 1 N–H and O–H groups in total. The number of nitrogens with zero attached hydrogens (tertiary/aromatic N) is 1. The summed E-state index contributed by atoms with van der Waals surface area (Å²) in [5.41, 5.74) is 2.71. The summed E-state index contributed by atoms with van der Waals surface area (Å²) in [5, 5.41) is 9.08. The molecule has 2 aromatic carbocycles. The van der Waals surface area contributed by atoms with Crippen molar-refractivity contribution < 1.29 is 19.4 Å². The molecule has 3 rings (SSSR count). The number of benzene rings is 2. The van der Waals surface area contributed by atoms with Gasteiger partial charge in [0.1, 0.15) is 6.10 Å². The predicted molar refractivity (Wildman–Crippen MR) is 89.2 cm³/mol.